The predicted octanol–water partition coefficient (Wildman–Crippen LogP) is 0.779. The number of carbonyl (C=O) groups is 2. The summed E-state index contributed by atoms with van der Waals surface area (Å²) in [7, 11) is 3.68. The molecule has 2 atom stereocenters. The Bertz CT molecular complexity index is 643. The molecule has 0 saturated heterocycles. The van der Waals surface area contributed by atoms with Crippen LogP contribution in [0.1, 0.15) is 11.5 Å². The number of hydrogen-bond acceptors (Lipinski definition) is 8. The van der Waals surface area contributed by atoms with Gasteiger partial charge in [-0.1, -0.05) is 6.07 Å². The van der Waals surface area contributed by atoms with Crippen molar-refractivity contribution < 1.29 is 33.5 Å². The first-order chi connectivity index (χ1) is 11.4. The first kappa shape index (κ1) is 17.5. The molecule has 1 aliphatic rings. The number of benzene rings is 1. The summed E-state index contributed by atoms with van der Waals surface area (Å²) in [6.07, 6.45) is 0. The highest BCUT2D eigenvalue weighted by atomic mass is 16.6. The molecule has 0 amide bonds. The highest BCUT2D eigenvalue weighted by Crippen LogP contribution is 2.42. The van der Waals surface area contributed by atoms with E-state index in [1.807, 2.05) is 0 Å². The van der Waals surface area contributed by atoms with Crippen molar-refractivity contribution in [3.8, 4) is 11.5 Å². The molecule has 0 bridgehead atoms. The average Bonchev–Trinajstić information content (AvgIpc) is 2.60. The first-order valence-corrected chi connectivity index (χ1v) is 7.04. The third-order valence-electron chi connectivity index (χ3n) is 3.94. The van der Waals surface area contributed by atoms with Gasteiger partial charge in [0.15, 0.2) is 12.5 Å². The van der Waals surface area contributed by atoms with Crippen molar-refractivity contribution in [3.63, 3.8) is 0 Å². The topological polar surface area (TPSA) is 114 Å². The lowest BCUT2D eigenvalue weighted by Gasteiger charge is -2.31. The number of fused-ring (bicyclic) bond motifs is 1. The maximum atomic E-state index is 12.1. The molecule has 2 unspecified atom stereocenters. The molecule has 130 valence electrons. The van der Waals surface area contributed by atoms with E-state index in [1.165, 1.54) is 13.2 Å². The van der Waals surface area contributed by atoms with E-state index in [0.29, 0.717) is 17.1 Å². The molecule has 0 saturated carbocycles. The number of nitrogens with zero attached hydrogens (tertiary/aromatic N) is 1. The minimum Gasteiger partial charge on any atom is -0.497 e. The van der Waals surface area contributed by atoms with Crippen molar-refractivity contribution in [2.24, 2.45) is 5.92 Å². The van der Waals surface area contributed by atoms with Crippen LogP contribution >= 0.6 is 0 Å². The van der Waals surface area contributed by atoms with Gasteiger partial charge in [-0.2, -0.15) is 0 Å². The summed E-state index contributed by atoms with van der Waals surface area (Å²) < 4.78 is 19.8. The summed E-state index contributed by atoms with van der Waals surface area (Å²) >= 11 is 0. The van der Waals surface area contributed by atoms with E-state index < -0.39 is 34.7 Å². The van der Waals surface area contributed by atoms with Crippen LogP contribution in [-0.4, -0.2) is 50.8 Å². The predicted molar refractivity (Wildman–Crippen MR) is 79.5 cm³/mol. The molecule has 1 aromatic carbocycles. The van der Waals surface area contributed by atoms with Crippen LogP contribution in [0.15, 0.2) is 18.2 Å². The second-order valence-electron chi connectivity index (χ2n) is 5.12. The smallest absolute Gasteiger partial charge is 0.320 e. The summed E-state index contributed by atoms with van der Waals surface area (Å²) in [5.74, 6) is -3.54. The van der Waals surface area contributed by atoms with Crippen LogP contribution in [0.25, 0.3) is 0 Å². The fourth-order valence-corrected chi connectivity index (χ4v) is 2.77. The fourth-order valence-electron chi connectivity index (χ4n) is 2.77. The van der Waals surface area contributed by atoms with Gasteiger partial charge < -0.3 is 18.9 Å². The molecule has 1 aromatic rings. The van der Waals surface area contributed by atoms with Gasteiger partial charge in [-0.3, -0.25) is 19.7 Å². The van der Waals surface area contributed by atoms with Gasteiger partial charge in [0, 0.05) is 16.6 Å². The maximum absolute atomic E-state index is 12.1. The molecule has 0 aliphatic carbocycles. The molecule has 0 N–H and O–H groups in total. The van der Waals surface area contributed by atoms with Crippen LogP contribution in [0.5, 0.6) is 11.5 Å². The maximum Gasteiger partial charge on any atom is 0.320 e. The second-order valence-corrected chi connectivity index (χ2v) is 5.12. The lowest BCUT2D eigenvalue weighted by molar-refractivity contribution is -0.531. The Balaban J connectivity index is 2.58. The number of ether oxygens (including phenoxy) is 4. The Morgan fingerprint density at radius 2 is 1.88 bits per heavy atom. The van der Waals surface area contributed by atoms with Gasteiger partial charge in [0.1, 0.15) is 11.5 Å². The lowest BCUT2D eigenvalue weighted by atomic mass is 9.79. The zero-order valence-electron chi connectivity index (χ0n) is 13.4. The molecule has 0 fully saturated rings. The molecule has 1 aliphatic heterocycles. The van der Waals surface area contributed by atoms with E-state index >= 15 is 0 Å². The summed E-state index contributed by atoms with van der Waals surface area (Å²) in [4.78, 5) is 35.1. The van der Waals surface area contributed by atoms with Gasteiger partial charge in [-0.05, 0) is 6.07 Å². The lowest BCUT2D eigenvalue weighted by Crippen LogP contribution is -2.45. The molecule has 0 spiro atoms. The Hall–Kier alpha value is -2.84. The molecule has 1 heterocycles. The monoisotopic (exact) mass is 339 g/mol. The molecule has 9 nitrogen and oxygen atoms in total. The van der Waals surface area contributed by atoms with Gasteiger partial charge in [-0.15, -0.1) is 0 Å². The van der Waals surface area contributed by atoms with Gasteiger partial charge in [0.25, 0.3) is 6.04 Å². The third kappa shape index (κ3) is 3.10. The van der Waals surface area contributed by atoms with Gasteiger partial charge in [0.05, 0.1) is 27.2 Å². The van der Waals surface area contributed by atoms with Crippen molar-refractivity contribution in [1.82, 2.24) is 0 Å². The number of hydrogen-bond donors (Lipinski definition) is 0. The molecular weight excluding hydrogens is 322 g/mol. The normalized spacial score (nSPS) is 19.0. The first-order valence-electron chi connectivity index (χ1n) is 7.04. The second kappa shape index (κ2) is 7.16. The fraction of sp³-hybridized carbons (Fsp3) is 0.467. The van der Waals surface area contributed by atoms with E-state index in [1.54, 1.807) is 12.1 Å². The van der Waals surface area contributed by atoms with Crippen LogP contribution in [0.3, 0.4) is 0 Å². The SMILES string of the molecule is COC(=O)C(C(=O)OC)C1c2ccc(OC)cc2OCC1[N+](=O)[O-]. The standard InChI is InChI=1S/C15H17NO8/c1-21-8-4-5-9-11(6-8)24-7-10(16(19)20)12(9)13(14(17)22-2)15(18)23-3/h4-6,10,12-13H,7H2,1-3H3. The van der Waals surface area contributed by atoms with E-state index in [0.717, 1.165) is 14.2 Å². The van der Waals surface area contributed by atoms with Gasteiger partial charge >= 0.3 is 11.9 Å². The van der Waals surface area contributed by atoms with Crippen molar-refractivity contribution in [3.05, 3.63) is 33.9 Å². The molecule has 2 rings (SSSR count). The highest BCUT2D eigenvalue weighted by molar-refractivity contribution is 5.96. The Morgan fingerprint density at radius 3 is 2.38 bits per heavy atom. The number of methoxy groups -OCH3 is 3. The Morgan fingerprint density at radius 1 is 1.25 bits per heavy atom. The summed E-state index contributed by atoms with van der Waals surface area (Å²) in [5.41, 5.74) is 0.351. The molecular formula is C15H17NO8. The third-order valence-corrected chi connectivity index (χ3v) is 3.94. The van der Waals surface area contributed by atoms with Gasteiger partial charge in [-0.25, -0.2) is 0 Å². The van der Waals surface area contributed by atoms with E-state index in [2.05, 4.69) is 9.47 Å². The largest absolute Gasteiger partial charge is 0.497 e. The molecule has 0 radical (unpaired) electrons. The van der Waals surface area contributed by atoms with Crippen LogP contribution in [0.4, 0.5) is 0 Å². The van der Waals surface area contributed by atoms with E-state index in [-0.39, 0.29) is 6.61 Å². The van der Waals surface area contributed by atoms with Crippen LogP contribution < -0.4 is 9.47 Å². The number of nitro groups is 1. The van der Waals surface area contributed by atoms with Crippen molar-refractivity contribution in [1.29, 1.82) is 0 Å². The Kier molecular flexibility index (Phi) is 5.22. The van der Waals surface area contributed by atoms with E-state index in [4.69, 9.17) is 9.47 Å². The van der Waals surface area contributed by atoms with Crippen molar-refractivity contribution in [2.75, 3.05) is 27.9 Å². The zero-order valence-corrected chi connectivity index (χ0v) is 13.4. The van der Waals surface area contributed by atoms with Crippen molar-refractivity contribution >= 4 is 11.9 Å². The quantitative estimate of drug-likeness (QED) is 0.334. The summed E-state index contributed by atoms with van der Waals surface area (Å²) in [6, 6.07) is 3.36. The Labute approximate surface area is 137 Å². The molecule has 24 heavy (non-hydrogen) atoms. The van der Waals surface area contributed by atoms with Crippen molar-refractivity contribution in [2.45, 2.75) is 12.0 Å². The average molecular weight is 339 g/mol. The van der Waals surface area contributed by atoms with E-state index in [9.17, 15) is 19.7 Å². The number of esters is 2. The molecule has 9 heteroatoms. The van der Waals surface area contributed by atoms with Crippen LogP contribution in [0.2, 0.25) is 0 Å². The highest BCUT2D eigenvalue weighted by Gasteiger charge is 2.50. The number of rotatable bonds is 5. The minimum absolute atomic E-state index is 0.289. The zero-order chi connectivity index (χ0) is 17.9. The summed E-state index contributed by atoms with van der Waals surface area (Å²) in [5, 5.41) is 11.4. The summed E-state index contributed by atoms with van der Waals surface area (Å²) in [6.45, 7) is -0.289. The minimum atomic E-state index is -1.47. The number of carbonyl (C=O) groups excluding carboxylic acids is 2. The van der Waals surface area contributed by atoms with Crippen LogP contribution in [0, 0.1) is 16.0 Å². The van der Waals surface area contributed by atoms with Crippen LogP contribution in [-0.2, 0) is 19.1 Å². The van der Waals surface area contributed by atoms with Gasteiger partial charge in [0.2, 0.25) is 0 Å². The molecule has 0 aromatic heterocycles.